The molecule has 0 spiro atoms. The average molecular weight is 497 g/mol. The average Bonchev–Trinajstić information content (AvgIpc) is 2.75. The number of benzene rings is 1. The number of rotatable bonds is 15. The number of quaternary nitrogens is 1. The smallest absolute Gasteiger partial charge is 0.336 e. The molecule has 176 valence electrons. The van der Waals surface area contributed by atoms with Crippen LogP contribution in [0.4, 0.5) is 0 Å². The zero-order valence-electron chi connectivity index (χ0n) is 20.1. The maximum atomic E-state index is 11.5. The number of nitrogens with zero attached hydrogens (tertiary/aromatic N) is 1. The van der Waals surface area contributed by atoms with Crippen LogP contribution in [-0.2, 0) is 0 Å². The molecule has 1 aromatic carbocycles. The minimum Gasteiger partial charge on any atom is -1.00 e. The summed E-state index contributed by atoms with van der Waals surface area (Å²) in [5.41, 5.74) is 1.23. The van der Waals surface area contributed by atoms with Crippen molar-refractivity contribution in [1.29, 1.82) is 0 Å². The van der Waals surface area contributed by atoms with Gasteiger partial charge in [0, 0.05) is 17.5 Å². The van der Waals surface area contributed by atoms with Crippen LogP contribution in [0.5, 0.6) is 5.75 Å². The van der Waals surface area contributed by atoms with Gasteiger partial charge in [-0.25, -0.2) is 4.79 Å². The van der Waals surface area contributed by atoms with Crippen LogP contribution in [0.15, 0.2) is 33.5 Å². The Morgan fingerprint density at radius 1 is 0.839 bits per heavy atom. The van der Waals surface area contributed by atoms with Gasteiger partial charge >= 0.3 is 5.63 Å². The van der Waals surface area contributed by atoms with Crippen LogP contribution >= 0.6 is 0 Å². The third-order valence-electron chi connectivity index (χ3n) is 6.73. The third-order valence-corrected chi connectivity index (χ3v) is 6.73. The zero-order chi connectivity index (χ0) is 21.8. The van der Waals surface area contributed by atoms with Crippen molar-refractivity contribution in [3.05, 3.63) is 40.2 Å². The minimum atomic E-state index is -0.309. The van der Waals surface area contributed by atoms with E-state index < -0.39 is 0 Å². The number of halogens is 1. The Kier molecular flexibility index (Phi) is 13.1. The van der Waals surface area contributed by atoms with Crippen LogP contribution in [-0.4, -0.2) is 37.3 Å². The maximum Gasteiger partial charge on any atom is 0.336 e. The van der Waals surface area contributed by atoms with Gasteiger partial charge in [0.1, 0.15) is 11.3 Å². The Bertz CT molecular complexity index is 806. The summed E-state index contributed by atoms with van der Waals surface area (Å²) in [6, 6.07) is 7.27. The highest BCUT2D eigenvalue weighted by atomic mass is 79.9. The normalized spacial score (nSPS) is 11.5. The molecule has 0 amide bonds. The second-order valence-electron chi connectivity index (χ2n) is 8.60. The summed E-state index contributed by atoms with van der Waals surface area (Å²) in [6.45, 7) is 14.8. The van der Waals surface area contributed by atoms with Crippen molar-refractivity contribution in [2.24, 2.45) is 0 Å². The van der Waals surface area contributed by atoms with Gasteiger partial charge in [0.15, 0.2) is 0 Å². The largest absolute Gasteiger partial charge is 1.00 e. The van der Waals surface area contributed by atoms with Gasteiger partial charge in [-0.05, 0) is 64.7 Å². The van der Waals surface area contributed by atoms with Gasteiger partial charge in [-0.1, -0.05) is 32.1 Å². The molecule has 0 aliphatic heterocycles. The quantitative estimate of drug-likeness (QED) is 0.215. The molecule has 0 unspecified atom stereocenters. The molecule has 0 N–H and O–H groups in total. The van der Waals surface area contributed by atoms with Gasteiger partial charge in [0.05, 0.1) is 32.8 Å². The molecular formula is C26H42BrNO3. The lowest BCUT2D eigenvalue weighted by atomic mass is 10.1. The van der Waals surface area contributed by atoms with Crippen LogP contribution in [0.2, 0.25) is 0 Å². The minimum absolute atomic E-state index is 0. The van der Waals surface area contributed by atoms with Crippen LogP contribution in [0, 0.1) is 6.92 Å². The molecule has 0 aliphatic rings. The first-order valence-corrected chi connectivity index (χ1v) is 12.1. The third kappa shape index (κ3) is 8.97. The maximum absolute atomic E-state index is 11.5. The molecule has 31 heavy (non-hydrogen) atoms. The van der Waals surface area contributed by atoms with E-state index in [9.17, 15) is 4.79 Å². The van der Waals surface area contributed by atoms with Gasteiger partial charge in [-0.15, -0.1) is 0 Å². The summed E-state index contributed by atoms with van der Waals surface area (Å²) in [4.78, 5) is 11.5. The molecule has 0 bridgehead atoms. The Morgan fingerprint density at radius 3 is 2.03 bits per heavy atom. The fourth-order valence-electron chi connectivity index (χ4n) is 4.34. The van der Waals surface area contributed by atoms with E-state index in [-0.39, 0.29) is 22.6 Å². The topological polar surface area (TPSA) is 39.4 Å². The summed E-state index contributed by atoms with van der Waals surface area (Å²) in [5, 5.41) is 0.964. The second-order valence-corrected chi connectivity index (χ2v) is 8.60. The van der Waals surface area contributed by atoms with E-state index in [1.165, 1.54) is 81.7 Å². The summed E-state index contributed by atoms with van der Waals surface area (Å²) in [6.07, 6.45) is 10.4. The molecule has 0 saturated carbocycles. The first-order chi connectivity index (χ1) is 14.5. The molecule has 0 saturated heterocycles. The number of hydrogen-bond donors (Lipinski definition) is 0. The monoisotopic (exact) mass is 495 g/mol. The van der Waals surface area contributed by atoms with E-state index in [2.05, 4.69) is 20.8 Å². The molecule has 4 nitrogen and oxygen atoms in total. The van der Waals surface area contributed by atoms with Gasteiger partial charge in [0.2, 0.25) is 0 Å². The van der Waals surface area contributed by atoms with Crippen molar-refractivity contribution in [3.8, 4) is 5.75 Å². The molecule has 1 aromatic heterocycles. The van der Waals surface area contributed by atoms with Gasteiger partial charge < -0.3 is 30.6 Å². The SMILES string of the molecule is CC[N+](CC)(CC)CCCCCCCCCCOc1ccc2c(C)cc(=O)oc2c1.[Br-]. The molecule has 0 aliphatic carbocycles. The van der Waals surface area contributed by atoms with Crippen molar-refractivity contribution in [2.45, 2.75) is 79.1 Å². The summed E-state index contributed by atoms with van der Waals surface area (Å²) < 4.78 is 12.4. The van der Waals surface area contributed by atoms with Crippen LogP contribution in [0.25, 0.3) is 11.0 Å². The highest BCUT2D eigenvalue weighted by Crippen LogP contribution is 2.22. The van der Waals surface area contributed by atoms with E-state index >= 15 is 0 Å². The molecule has 1 heterocycles. The number of unbranched alkanes of at least 4 members (excludes halogenated alkanes) is 7. The molecule has 2 aromatic rings. The van der Waals surface area contributed by atoms with Crippen molar-refractivity contribution in [2.75, 3.05) is 32.8 Å². The fourth-order valence-corrected chi connectivity index (χ4v) is 4.34. The number of fused-ring (bicyclic) bond motifs is 1. The fraction of sp³-hybridized carbons (Fsp3) is 0.654. The van der Waals surface area contributed by atoms with Crippen LogP contribution in [0.3, 0.4) is 0 Å². The second kappa shape index (κ2) is 14.7. The predicted molar refractivity (Wildman–Crippen MR) is 126 cm³/mol. The summed E-state index contributed by atoms with van der Waals surface area (Å²) in [7, 11) is 0. The number of ether oxygens (including phenoxy) is 1. The predicted octanol–water partition coefficient (Wildman–Crippen LogP) is 3.48. The van der Waals surface area contributed by atoms with Crippen molar-refractivity contribution >= 4 is 11.0 Å². The van der Waals surface area contributed by atoms with E-state index in [1.54, 1.807) is 0 Å². The van der Waals surface area contributed by atoms with Crippen molar-refractivity contribution in [3.63, 3.8) is 0 Å². The first kappa shape index (κ1) is 27.7. The molecular weight excluding hydrogens is 454 g/mol. The number of aryl methyl sites for hydroxylation is 1. The van der Waals surface area contributed by atoms with Crippen LogP contribution in [0.1, 0.15) is 77.7 Å². The lowest BCUT2D eigenvalue weighted by molar-refractivity contribution is -0.923. The number of hydrogen-bond acceptors (Lipinski definition) is 3. The Morgan fingerprint density at radius 2 is 1.42 bits per heavy atom. The molecule has 2 rings (SSSR count). The molecule has 0 radical (unpaired) electrons. The Labute approximate surface area is 199 Å². The van der Waals surface area contributed by atoms with Gasteiger partial charge in [-0.3, -0.25) is 0 Å². The van der Waals surface area contributed by atoms with E-state index in [0.717, 1.165) is 23.1 Å². The highest BCUT2D eigenvalue weighted by Gasteiger charge is 2.19. The molecule has 0 fully saturated rings. The Hall–Kier alpha value is -1.33. The van der Waals surface area contributed by atoms with Crippen molar-refractivity contribution < 1.29 is 30.6 Å². The Balaban J connectivity index is 0.00000480. The lowest BCUT2D eigenvalue weighted by Gasteiger charge is -2.35. The van der Waals surface area contributed by atoms with Gasteiger partial charge in [0.25, 0.3) is 0 Å². The van der Waals surface area contributed by atoms with E-state index in [1.807, 2.05) is 25.1 Å². The summed E-state index contributed by atoms with van der Waals surface area (Å²) in [5.74, 6) is 0.775. The standard InChI is InChI=1S/C26H42NO3.BrH/c1-5-27(6-2,7-3)18-14-12-10-8-9-11-13-15-19-29-23-16-17-24-22(4)20-26(28)30-25(24)21-23;/h16-17,20-21H,5-15,18-19H2,1-4H3;1H/q+1;/p-1. The lowest BCUT2D eigenvalue weighted by Crippen LogP contribution is -3.00. The van der Waals surface area contributed by atoms with Crippen LogP contribution < -0.4 is 27.3 Å². The summed E-state index contributed by atoms with van der Waals surface area (Å²) >= 11 is 0. The van der Waals surface area contributed by atoms with Gasteiger partial charge in [-0.2, -0.15) is 0 Å². The van der Waals surface area contributed by atoms with Crippen molar-refractivity contribution in [1.82, 2.24) is 0 Å². The van der Waals surface area contributed by atoms with E-state index in [4.69, 9.17) is 9.15 Å². The first-order valence-electron chi connectivity index (χ1n) is 12.1. The molecule has 0 atom stereocenters. The zero-order valence-corrected chi connectivity index (χ0v) is 21.6. The van der Waals surface area contributed by atoms with E-state index in [0.29, 0.717) is 12.2 Å². The highest BCUT2D eigenvalue weighted by molar-refractivity contribution is 5.81. The molecule has 5 heteroatoms.